The summed E-state index contributed by atoms with van der Waals surface area (Å²) in [6.07, 6.45) is -3.53. The smallest absolute Gasteiger partial charge is 0.337 e. The van der Waals surface area contributed by atoms with E-state index >= 15 is 0 Å². The fraction of sp³-hybridized carbons (Fsp3) is 0.565. The maximum atomic E-state index is 13.4. The number of hydrogen-bond donors (Lipinski definition) is 0. The predicted octanol–water partition coefficient (Wildman–Crippen LogP) is 3.46. The number of amides is 1. The second-order valence-corrected chi connectivity index (χ2v) is 11.4. The first-order valence-electron chi connectivity index (χ1n) is 11.2. The fourth-order valence-corrected chi connectivity index (χ4v) is 6.62. The van der Waals surface area contributed by atoms with Crippen molar-refractivity contribution in [3.8, 4) is 0 Å². The second kappa shape index (κ2) is 8.87. The maximum absolute atomic E-state index is 13.4. The molecule has 0 aromatic heterocycles. The first-order chi connectivity index (χ1) is 15.5. The molecule has 1 saturated heterocycles. The van der Waals surface area contributed by atoms with Crippen LogP contribution in [0, 0.1) is 5.92 Å². The van der Waals surface area contributed by atoms with Crippen LogP contribution in [0.5, 0.6) is 0 Å². The molecule has 33 heavy (non-hydrogen) atoms. The van der Waals surface area contributed by atoms with Gasteiger partial charge in [-0.15, -0.1) is 0 Å². The topological polar surface area (TPSA) is 70.1 Å². The van der Waals surface area contributed by atoms with Crippen molar-refractivity contribution in [2.75, 3.05) is 38.5 Å². The molecule has 4 rings (SSSR count). The standard InChI is InChI=1S/C23H28F3N3O3S/c1-15(2)14-33(31,32)29-12-17-11-27-21(19(17)13-29)22(30)28-9-7-16(8-10-28)18-5-3-4-6-20(18)23(24,25)26/h3-6,15-16H,7-14H2,1-2H3. The Hall–Kier alpha value is -2.20. The van der Waals surface area contributed by atoms with Crippen LogP contribution >= 0.6 is 0 Å². The molecule has 0 radical (unpaired) electrons. The molecule has 3 aliphatic rings. The number of carbonyl (C=O) groups is 1. The van der Waals surface area contributed by atoms with Gasteiger partial charge in [-0.3, -0.25) is 9.79 Å². The summed E-state index contributed by atoms with van der Waals surface area (Å²) in [5, 5.41) is 0. The zero-order valence-corrected chi connectivity index (χ0v) is 19.5. The van der Waals surface area contributed by atoms with Crippen molar-refractivity contribution in [1.82, 2.24) is 9.21 Å². The molecule has 0 N–H and O–H groups in total. The zero-order chi connectivity index (χ0) is 24.0. The number of sulfonamides is 1. The average Bonchev–Trinajstić information content (AvgIpc) is 3.33. The van der Waals surface area contributed by atoms with E-state index in [0.717, 1.165) is 11.6 Å². The molecule has 0 saturated carbocycles. The number of hydrogen-bond acceptors (Lipinski definition) is 4. The highest BCUT2D eigenvalue weighted by Crippen LogP contribution is 2.39. The Labute approximate surface area is 192 Å². The van der Waals surface area contributed by atoms with Crippen molar-refractivity contribution < 1.29 is 26.4 Å². The van der Waals surface area contributed by atoms with Crippen LogP contribution in [-0.4, -0.2) is 67.7 Å². The number of alkyl halides is 3. The first-order valence-corrected chi connectivity index (χ1v) is 12.8. The van der Waals surface area contributed by atoms with Crippen LogP contribution in [0.25, 0.3) is 0 Å². The number of halogens is 3. The third-order valence-corrected chi connectivity index (χ3v) is 8.60. The minimum absolute atomic E-state index is 0.00369. The van der Waals surface area contributed by atoms with Gasteiger partial charge in [-0.1, -0.05) is 32.0 Å². The Kier molecular flexibility index (Phi) is 6.43. The molecule has 0 spiro atoms. The van der Waals surface area contributed by atoms with Gasteiger partial charge < -0.3 is 4.90 Å². The molecule has 10 heteroatoms. The minimum atomic E-state index is -4.41. The highest BCUT2D eigenvalue weighted by molar-refractivity contribution is 7.89. The quantitative estimate of drug-likeness (QED) is 0.644. The molecule has 3 aliphatic heterocycles. The van der Waals surface area contributed by atoms with Crippen molar-refractivity contribution in [3.05, 3.63) is 46.5 Å². The number of piperidine rings is 1. The number of rotatable bonds is 5. The molecule has 180 valence electrons. The van der Waals surface area contributed by atoms with Crippen LogP contribution in [0.15, 0.2) is 40.4 Å². The van der Waals surface area contributed by atoms with Gasteiger partial charge in [0.2, 0.25) is 10.0 Å². The van der Waals surface area contributed by atoms with Gasteiger partial charge in [-0.25, -0.2) is 8.42 Å². The normalized spacial score (nSPS) is 20.5. The van der Waals surface area contributed by atoms with Crippen molar-refractivity contribution in [1.29, 1.82) is 0 Å². The van der Waals surface area contributed by atoms with Gasteiger partial charge in [0.05, 0.1) is 17.9 Å². The van der Waals surface area contributed by atoms with E-state index < -0.39 is 21.8 Å². The van der Waals surface area contributed by atoms with Crippen molar-refractivity contribution in [3.63, 3.8) is 0 Å². The Balaban J connectivity index is 1.41. The van der Waals surface area contributed by atoms with Gasteiger partial charge in [0.15, 0.2) is 0 Å². The van der Waals surface area contributed by atoms with Crippen LogP contribution < -0.4 is 0 Å². The van der Waals surface area contributed by atoms with E-state index in [2.05, 4.69) is 4.99 Å². The molecule has 3 heterocycles. The van der Waals surface area contributed by atoms with Crippen molar-refractivity contribution in [2.45, 2.75) is 38.8 Å². The van der Waals surface area contributed by atoms with Crippen LogP contribution in [0.2, 0.25) is 0 Å². The van der Waals surface area contributed by atoms with Crippen LogP contribution in [-0.2, 0) is 21.0 Å². The maximum Gasteiger partial charge on any atom is 0.416 e. The first kappa shape index (κ1) is 23.9. The fourth-order valence-electron chi connectivity index (χ4n) is 4.88. The third-order valence-electron chi connectivity index (χ3n) is 6.47. The lowest BCUT2D eigenvalue weighted by Gasteiger charge is -2.33. The molecular weight excluding hydrogens is 455 g/mol. The van der Waals surface area contributed by atoms with Gasteiger partial charge >= 0.3 is 6.18 Å². The summed E-state index contributed by atoms with van der Waals surface area (Å²) in [6.45, 7) is 5.12. The Morgan fingerprint density at radius 2 is 1.82 bits per heavy atom. The van der Waals surface area contributed by atoms with Crippen molar-refractivity contribution in [2.24, 2.45) is 10.9 Å². The van der Waals surface area contributed by atoms with E-state index in [1.807, 2.05) is 13.8 Å². The average molecular weight is 484 g/mol. The second-order valence-electron chi connectivity index (χ2n) is 9.34. The molecule has 1 aromatic rings. The van der Waals surface area contributed by atoms with E-state index in [9.17, 15) is 26.4 Å². The molecule has 1 aromatic carbocycles. The van der Waals surface area contributed by atoms with Crippen LogP contribution in [0.4, 0.5) is 13.2 Å². The van der Waals surface area contributed by atoms with Gasteiger partial charge in [0.25, 0.3) is 5.91 Å². The molecule has 6 nitrogen and oxygen atoms in total. The summed E-state index contributed by atoms with van der Waals surface area (Å²) in [5.74, 6) is -0.467. The third kappa shape index (κ3) is 4.87. The Morgan fingerprint density at radius 3 is 2.45 bits per heavy atom. The number of likely N-dealkylation sites (tertiary alicyclic amines) is 1. The summed E-state index contributed by atoms with van der Waals surface area (Å²) in [5.41, 5.74) is 1.53. The lowest BCUT2D eigenvalue weighted by molar-refractivity contribution is -0.138. The van der Waals surface area contributed by atoms with Gasteiger partial charge in [-0.05, 0) is 41.9 Å². The lowest BCUT2D eigenvalue weighted by atomic mass is 9.86. The van der Waals surface area contributed by atoms with Crippen LogP contribution in [0.3, 0.4) is 0 Å². The summed E-state index contributed by atoms with van der Waals surface area (Å²) in [4.78, 5) is 19.2. The van der Waals surface area contributed by atoms with E-state index in [0.29, 0.717) is 43.8 Å². The van der Waals surface area contributed by atoms with Crippen molar-refractivity contribution >= 4 is 21.6 Å². The Morgan fingerprint density at radius 1 is 1.15 bits per heavy atom. The molecule has 0 atom stereocenters. The highest BCUT2D eigenvalue weighted by Gasteiger charge is 2.40. The zero-order valence-electron chi connectivity index (χ0n) is 18.7. The summed E-state index contributed by atoms with van der Waals surface area (Å²) in [6, 6.07) is 5.63. The monoisotopic (exact) mass is 483 g/mol. The minimum Gasteiger partial charge on any atom is -0.337 e. The molecule has 1 amide bonds. The molecule has 1 fully saturated rings. The lowest BCUT2D eigenvalue weighted by Crippen LogP contribution is -2.43. The van der Waals surface area contributed by atoms with Gasteiger partial charge in [0.1, 0.15) is 5.71 Å². The number of aliphatic imine (C=N–C) groups is 1. The molecular formula is C23H28F3N3O3S. The van der Waals surface area contributed by atoms with Crippen LogP contribution in [0.1, 0.15) is 43.7 Å². The van der Waals surface area contributed by atoms with Gasteiger partial charge in [-0.2, -0.15) is 17.5 Å². The SMILES string of the molecule is CC(C)CS(=O)(=O)N1CC2=C(C1)C(C(=O)N1CCC(c3ccccc3C(F)(F)F)CC1)=NC2. The molecule has 0 aliphatic carbocycles. The predicted molar refractivity (Wildman–Crippen MR) is 120 cm³/mol. The Bertz CT molecular complexity index is 1100. The molecule has 0 unspecified atom stereocenters. The van der Waals surface area contributed by atoms with E-state index in [-0.39, 0.29) is 42.1 Å². The van der Waals surface area contributed by atoms with Gasteiger partial charge in [0, 0.05) is 31.8 Å². The number of nitrogens with zero attached hydrogens (tertiary/aromatic N) is 3. The number of benzene rings is 1. The largest absolute Gasteiger partial charge is 0.416 e. The van der Waals surface area contributed by atoms with E-state index in [4.69, 9.17) is 0 Å². The van der Waals surface area contributed by atoms with E-state index in [1.54, 1.807) is 11.0 Å². The molecule has 0 bridgehead atoms. The summed E-state index contributed by atoms with van der Waals surface area (Å²) in [7, 11) is -3.41. The van der Waals surface area contributed by atoms with E-state index in [1.165, 1.54) is 16.4 Å². The summed E-state index contributed by atoms with van der Waals surface area (Å²) < 4.78 is 66.8. The summed E-state index contributed by atoms with van der Waals surface area (Å²) >= 11 is 0. The highest BCUT2D eigenvalue weighted by atomic mass is 32.2. The number of carbonyl (C=O) groups excluding carboxylic acids is 1.